The molecule has 0 aliphatic carbocycles. The molecule has 1 amide bonds. The fraction of sp³-hybridized carbons (Fsp3) is 0.261. The van der Waals surface area contributed by atoms with Gasteiger partial charge in [-0.05, 0) is 55.1 Å². The van der Waals surface area contributed by atoms with E-state index >= 15 is 0 Å². The van der Waals surface area contributed by atoms with Gasteiger partial charge in [0.25, 0.3) is 0 Å². The number of carbonyl (C=O) groups is 2. The maximum Gasteiger partial charge on any atom is 0.342 e. The van der Waals surface area contributed by atoms with Gasteiger partial charge in [-0.15, -0.1) is 5.10 Å². The minimum absolute atomic E-state index is 0.0779. The minimum Gasteiger partial charge on any atom is -0.479 e. The van der Waals surface area contributed by atoms with Crippen LogP contribution in [0.4, 0.5) is 21.7 Å². The van der Waals surface area contributed by atoms with Crippen LogP contribution in [0.15, 0.2) is 58.7 Å². The number of rotatable bonds is 8. The van der Waals surface area contributed by atoms with Gasteiger partial charge >= 0.3 is 5.97 Å². The van der Waals surface area contributed by atoms with Crippen molar-refractivity contribution in [3.63, 3.8) is 0 Å². The van der Waals surface area contributed by atoms with Crippen LogP contribution in [0, 0.1) is 6.92 Å². The zero-order chi connectivity index (χ0) is 25.3. The molecule has 11 nitrogen and oxygen atoms in total. The molecule has 0 saturated carbocycles. The van der Waals surface area contributed by atoms with Crippen LogP contribution in [0.25, 0.3) is 5.52 Å². The lowest BCUT2D eigenvalue weighted by Gasteiger charge is -2.17. The summed E-state index contributed by atoms with van der Waals surface area (Å²) in [5.41, 5.74) is 0.0175. The van der Waals surface area contributed by atoms with E-state index in [1.807, 2.05) is 43.5 Å². The van der Waals surface area contributed by atoms with Gasteiger partial charge < -0.3 is 15.7 Å². The molecule has 1 aromatic carbocycles. The quantitative estimate of drug-likeness (QED) is 0.281. The smallest absolute Gasteiger partial charge is 0.342 e. The van der Waals surface area contributed by atoms with Crippen LogP contribution >= 0.6 is 11.8 Å². The van der Waals surface area contributed by atoms with Crippen LogP contribution in [0.2, 0.25) is 0 Å². The number of aromatic nitrogens is 5. The van der Waals surface area contributed by atoms with Gasteiger partial charge in [0.2, 0.25) is 16.7 Å². The van der Waals surface area contributed by atoms with Crippen LogP contribution in [-0.4, -0.2) is 72.0 Å². The molecule has 0 spiro atoms. The predicted octanol–water partition coefficient (Wildman–Crippen LogP) is 3.09. The third-order valence-electron chi connectivity index (χ3n) is 5.72. The largest absolute Gasteiger partial charge is 0.479 e. The van der Waals surface area contributed by atoms with Crippen LogP contribution in [0.1, 0.15) is 12.1 Å². The van der Waals surface area contributed by atoms with Crippen molar-refractivity contribution in [1.29, 1.82) is 0 Å². The second-order valence-electron chi connectivity index (χ2n) is 8.55. The highest BCUT2D eigenvalue weighted by Gasteiger charge is 2.45. The molecular weight excluding hydrogens is 487 g/mol. The van der Waals surface area contributed by atoms with Crippen molar-refractivity contribution in [3.05, 3.63) is 54.4 Å². The van der Waals surface area contributed by atoms with Gasteiger partial charge in [0.05, 0.1) is 6.54 Å². The number of anilines is 3. The molecule has 3 aromatic heterocycles. The average Bonchev–Trinajstić information content (AvgIpc) is 3.56. The molecule has 1 fully saturated rings. The first-order valence-electron chi connectivity index (χ1n) is 11.1. The Kier molecular flexibility index (Phi) is 6.33. The van der Waals surface area contributed by atoms with Crippen LogP contribution in [0.3, 0.4) is 0 Å². The lowest BCUT2D eigenvalue weighted by molar-refractivity contribution is -0.150. The van der Waals surface area contributed by atoms with E-state index in [-0.39, 0.29) is 32.0 Å². The van der Waals surface area contributed by atoms with E-state index in [0.29, 0.717) is 22.5 Å². The van der Waals surface area contributed by atoms with E-state index in [2.05, 4.69) is 30.9 Å². The van der Waals surface area contributed by atoms with E-state index in [1.54, 1.807) is 16.6 Å². The number of hydrogen-bond acceptors (Lipinski definition) is 8. The SMILES string of the molecule is Cc1cc(Nc2nc(Sc3ccc(NC(=O)CN4CCC(F)(C(=O)O)C4)cc3)nn3cccc23)n[nH]1. The number of carboxylic acids is 1. The number of hydrogen-bond donors (Lipinski definition) is 4. The van der Waals surface area contributed by atoms with Gasteiger partial charge in [-0.2, -0.15) is 5.10 Å². The fourth-order valence-electron chi connectivity index (χ4n) is 3.93. The highest BCUT2D eigenvalue weighted by atomic mass is 32.2. The Hall–Kier alpha value is -3.97. The van der Waals surface area contributed by atoms with E-state index < -0.39 is 11.6 Å². The summed E-state index contributed by atoms with van der Waals surface area (Å²) in [6.07, 6.45) is 1.71. The Morgan fingerprint density at radius 3 is 2.78 bits per heavy atom. The molecule has 1 saturated heterocycles. The number of likely N-dealkylation sites (tertiary alicyclic amines) is 1. The van der Waals surface area contributed by atoms with Crippen LogP contribution in [0.5, 0.6) is 0 Å². The average molecular weight is 511 g/mol. The van der Waals surface area contributed by atoms with Crippen molar-refractivity contribution in [1.82, 2.24) is 29.7 Å². The molecular formula is C23H23FN8O3S. The van der Waals surface area contributed by atoms with Gasteiger partial charge in [0.15, 0.2) is 11.6 Å². The second-order valence-corrected chi connectivity index (χ2v) is 9.59. The van der Waals surface area contributed by atoms with Crippen molar-refractivity contribution in [2.24, 2.45) is 0 Å². The number of H-pyrrole nitrogens is 1. The Morgan fingerprint density at radius 2 is 2.08 bits per heavy atom. The third kappa shape index (κ3) is 5.16. The number of benzene rings is 1. The molecule has 1 aliphatic heterocycles. The normalized spacial score (nSPS) is 17.9. The van der Waals surface area contributed by atoms with Crippen molar-refractivity contribution >= 4 is 46.5 Å². The molecule has 5 rings (SSSR count). The van der Waals surface area contributed by atoms with Crippen molar-refractivity contribution in [3.8, 4) is 0 Å². The van der Waals surface area contributed by atoms with Crippen molar-refractivity contribution < 1.29 is 19.1 Å². The predicted molar refractivity (Wildman–Crippen MR) is 131 cm³/mol. The molecule has 1 atom stereocenters. The summed E-state index contributed by atoms with van der Waals surface area (Å²) in [5, 5.41) is 27.1. The first-order chi connectivity index (χ1) is 17.3. The van der Waals surface area contributed by atoms with Crippen LogP contribution in [-0.2, 0) is 9.59 Å². The Labute approximate surface area is 209 Å². The zero-order valence-electron chi connectivity index (χ0n) is 19.2. The fourth-order valence-corrected chi connectivity index (χ4v) is 4.67. The topological polar surface area (TPSA) is 141 Å². The number of aromatic amines is 1. The van der Waals surface area contributed by atoms with Crippen LogP contribution < -0.4 is 10.6 Å². The number of nitrogens with one attached hydrogen (secondary N) is 3. The summed E-state index contributed by atoms with van der Waals surface area (Å²) in [5.74, 6) is -0.553. The number of carboxylic acid groups (broad SMARTS) is 1. The maximum atomic E-state index is 14.2. The monoisotopic (exact) mass is 510 g/mol. The highest BCUT2D eigenvalue weighted by Crippen LogP contribution is 2.29. The van der Waals surface area contributed by atoms with Gasteiger partial charge in [-0.3, -0.25) is 14.8 Å². The zero-order valence-corrected chi connectivity index (χ0v) is 20.0. The van der Waals surface area contributed by atoms with Gasteiger partial charge in [-0.25, -0.2) is 18.7 Å². The lowest BCUT2D eigenvalue weighted by Crippen LogP contribution is -2.39. The van der Waals surface area contributed by atoms with Gasteiger partial charge in [0.1, 0.15) is 5.52 Å². The number of fused-ring (bicyclic) bond motifs is 1. The van der Waals surface area contributed by atoms with E-state index in [1.165, 1.54) is 16.7 Å². The summed E-state index contributed by atoms with van der Waals surface area (Å²) in [6, 6.07) is 12.8. The molecule has 1 aliphatic rings. The first kappa shape index (κ1) is 23.8. The summed E-state index contributed by atoms with van der Waals surface area (Å²) >= 11 is 1.36. The second kappa shape index (κ2) is 9.59. The van der Waals surface area contributed by atoms with E-state index in [9.17, 15) is 14.0 Å². The number of amides is 1. The number of nitrogens with zero attached hydrogens (tertiary/aromatic N) is 5. The number of aryl methyl sites for hydroxylation is 1. The Bertz CT molecular complexity index is 1420. The standard InChI is InChI=1S/C23H23FN8O3S/c1-14-11-18(29-28-14)26-20-17-3-2-9-32(17)30-22(27-20)36-16-6-4-15(5-7-16)25-19(33)12-31-10-8-23(24,13-31)21(34)35/h2-7,9,11H,8,10,12-13H2,1H3,(H,25,33)(H,34,35)(H2,26,27,28,29,30). The number of halogens is 1. The number of alkyl halides is 1. The summed E-state index contributed by atoms with van der Waals surface area (Å²) < 4.78 is 15.9. The summed E-state index contributed by atoms with van der Waals surface area (Å²) in [6.45, 7) is 1.76. The molecule has 0 bridgehead atoms. The number of aliphatic carboxylic acids is 1. The molecule has 0 radical (unpaired) electrons. The van der Waals surface area contributed by atoms with E-state index in [4.69, 9.17) is 5.11 Å². The Balaban J connectivity index is 1.22. The molecule has 13 heteroatoms. The number of carbonyl (C=O) groups excluding carboxylic acids is 1. The van der Waals surface area contributed by atoms with Gasteiger partial charge in [0, 0.05) is 48.1 Å². The third-order valence-corrected chi connectivity index (χ3v) is 6.58. The molecule has 1 unspecified atom stereocenters. The minimum atomic E-state index is -2.29. The first-order valence-corrected chi connectivity index (χ1v) is 12.0. The molecule has 4 heterocycles. The molecule has 186 valence electrons. The Morgan fingerprint density at radius 1 is 1.28 bits per heavy atom. The maximum absolute atomic E-state index is 14.2. The lowest BCUT2D eigenvalue weighted by atomic mass is 10.1. The summed E-state index contributed by atoms with van der Waals surface area (Å²) in [4.78, 5) is 30.4. The highest BCUT2D eigenvalue weighted by molar-refractivity contribution is 7.99. The molecule has 4 aromatic rings. The molecule has 36 heavy (non-hydrogen) atoms. The summed E-state index contributed by atoms with van der Waals surface area (Å²) in [7, 11) is 0. The van der Waals surface area contributed by atoms with Crippen molar-refractivity contribution in [2.75, 3.05) is 30.3 Å². The van der Waals surface area contributed by atoms with Gasteiger partial charge in [-0.1, -0.05) is 0 Å². The molecule has 4 N–H and O–H groups in total. The van der Waals surface area contributed by atoms with E-state index in [0.717, 1.165) is 16.1 Å². The van der Waals surface area contributed by atoms with Crippen molar-refractivity contribution in [2.45, 2.75) is 29.1 Å².